The molecule has 0 bridgehead atoms. The van der Waals surface area contributed by atoms with E-state index in [0.29, 0.717) is 0 Å². The SMILES string of the molecule is O=[C-]Cl.O=[C-]Cl.[Cl][Pt+2][Cl]. The van der Waals surface area contributed by atoms with E-state index in [1.54, 1.807) is 0 Å². The van der Waals surface area contributed by atoms with Gasteiger partial charge in [0.15, 0.2) is 0 Å². The standard InChI is InChI=1S/2CClO.2ClH.Pt/c2*2-1-3;;;/h;;2*1H;/q2*-1;;;+4/p-2. The Morgan fingerprint density at radius 3 is 1.00 bits per heavy atom. The molecule has 0 spiro atoms. The fourth-order valence-corrected chi connectivity index (χ4v) is 0. The summed E-state index contributed by atoms with van der Waals surface area (Å²) in [6.45, 7) is 0. The monoisotopic (exact) mass is 391 g/mol. The summed E-state index contributed by atoms with van der Waals surface area (Å²) in [7, 11) is 9.75. The molecule has 0 aliphatic rings. The average Bonchev–Trinajstić information content (AvgIpc) is 1.70. The average molecular weight is 393 g/mol. The second kappa shape index (κ2) is 35.1. The number of halogens is 4. The summed E-state index contributed by atoms with van der Waals surface area (Å²) in [6, 6.07) is 0. The Kier molecular flexibility index (Phi) is 65.0. The van der Waals surface area contributed by atoms with Gasteiger partial charge in [0, 0.05) is 0 Å². The maximum absolute atomic E-state index is 8.45. The van der Waals surface area contributed by atoms with Gasteiger partial charge in [-0.25, -0.2) is 0 Å². The summed E-state index contributed by atoms with van der Waals surface area (Å²) in [5.41, 5.74) is 0. The molecular formula is C2Cl4O2Pt. The van der Waals surface area contributed by atoms with E-state index in [4.69, 9.17) is 28.4 Å². The zero-order valence-corrected chi connectivity index (χ0v) is 8.94. The second-order valence-corrected chi connectivity index (χ2v) is 3.79. The Labute approximate surface area is 79.2 Å². The van der Waals surface area contributed by atoms with Crippen LogP contribution in [0, 0.1) is 0 Å². The van der Waals surface area contributed by atoms with Crippen molar-refractivity contribution in [3.05, 3.63) is 0 Å². The molecule has 0 aromatic heterocycles. The van der Waals surface area contributed by atoms with Crippen LogP contribution in [0.4, 0.5) is 0 Å². The van der Waals surface area contributed by atoms with Crippen LogP contribution in [-0.2, 0) is 26.1 Å². The van der Waals surface area contributed by atoms with Crippen LogP contribution in [0.5, 0.6) is 0 Å². The van der Waals surface area contributed by atoms with Crippen LogP contribution in [-0.4, -0.2) is 11.5 Å². The van der Waals surface area contributed by atoms with Crippen LogP contribution >= 0.6 is 42.0 Å². The van der Waals surface area contributed by atoms with E-state index in [9.17, 15) is 0 Å². The summed E-state index contributed by atoms with van der Waals surface area (Å²) in [4.78, 5) is 16.9. The molecule has 0 saturated heterocycles. The summed E-state index contributed by atoms with van der Waals surface area (Å²) in [6.07, 6.45) is 0. The Hall–Kier alpha value is 1.19. The summed E-state index contributed by atoms with van der Waals surface area (Å²) in [5, 5.41) is 0. The molecule has 0 saturated carbocycles. The molecule has 0 radical (unpaired) electrons. The van der Waals surface area contributed by atoms with Crippen LogP contribution in [0.3, 0.4) is 0 Å². The van der Waals surface area contributed by atoms with Gasteiger partial charge in [-0.2, -0.15) is 11.5 Å². The third-order valence-electron chi connectivity index (χ3n) is 0. The topological polar surface area (TPSA) is 34.1 Å². The number of hydrogen-bond acceptors (Lipinski definition) is 2. The Balaban J connectivity index is -0.0000000600. The quantitative estimate of drug-likeness (QED) is 0.466. The fourth-order valence-electron chi connectivity index (χ4n) is 0. The van der Waals surface area contributed by atoms with Gasteiger partial charge in [-0.1, -0.05) is 0 Å². The minimum absolute atomic E-state index is 0.472. The predicted molar refractivity (Wildman–Crippen MR) is 34.8 cm³/mol. The number of hydrogen-bond donors (Lipinski definition) is 0. The van der Waals surface area contributed by atoms with Gasteiger partial charge < -0.3 is 32.8 Å². The van der Waals surface area contributed by atoms with Crippen molar-refractivity contribution in [2.45, 2.75) is 0 Å². The predicted octanol–water partition coefficient (Wildman–Crippen LogP) is 1.96. The number of rotatable bonds is 0. The van der Waals surface area contributed by atoms with E-state index < -0.39 is 16.5 Å². The summed E-state index contributed by atoms with van der Waals surface area (Å²) in [5.74, 6) is 1.94. The van der Waals surface area contributed by atoms with E-state index in [-0.39, 0.29) is 0 Å². The van der Waals surface area contributed by atoms with Crippen LogP contribution in [0.25, 0.3) is 0 Å². The van der Waals surface area contributed by atoms with E-state index in [0.717, 1.165) is 11.5 Å². The van der Waals surface area contributed by atoms with Gasteiger partial charge in [-0.05, 0) is 0 Å². The molecule has 7 heteroatoms. The Bertz CT molecular complexity index is 45.8. The first-order chi connectivity index (χ1) is 4.24. The molecule has 0 amide bonds. The van der Waals surface area contributed by atoms with Crippen LogP contribution in [0.1, 0.15) is 0 Å². The van der Waals surface area contributed by atoms with Crippen molar-refractivity contribution < 1.29 is 26.1 Å². The molecule has 0 fully saturated rings. The zero-order valence-electron chi connectivity index (χ0n) is 3.64. The van der Waals surface area contributed by atoms with E-state index >= 15 is 0 Å². The molecule has 0 aromatic rings. The van der Waals surface area contributed by atoms with Crippen molar-refractivity contribution in [1.29, 1.82) is 0 Å². The van der Waals surface area contributed by atoms with Crippen LogP contribution < -0.4 is 0 Å². The molecule has 0 heterocycles. The molecule has 0 unspecified atom stereocenters. The van der Waals surface area contributed by atoms with E-state index in [2.05, 4.69) is 23.2 Å². The first-order valence-electron chi connectivity index (χ1n) is 1.03. The Morgan fingerprint density at radius 1 is 1.00 bits per heavy atom. The molecule has 2 nitrogen and oxygen atoms in total. The molecular weight excluding hydrogens is 393 g/mol. The summed E-state index contributed by atoms with van der Waals surface area (Å²) < 4.78 is 0. The molecule has 0 N–H and O–H groups in total. The Morgan fingerprint density at radius 2 is 1.00 bits per heavy atom. The second-order valence-electron chi connectivity index (χ2n) is 0.199. The van der Waals surface area contributed by atoms with Crippen molar-refractivity contribution in [3.63, 3.8) is 0 Å². The van der Waals surface area contributed by atoms with E-state index in [1.165, 1.54) is 0 Å². The van der Waals surface area contributed by atoms with Crippen molar-refractivity contribution >= 4 is 53.5 Å². The molecule has 0 aliphatic carbocycles. The molecule has 0 atom stereocenters. The van der Waals surface area contributed by atoms with Crippen molar-refractivity contribution in [1.82, 2.24) is 0 Å². The normalized spacial score (nSPS) is 5.33. The van der Waals surface area contributed by atoms with Crippen molar-refractivity contribution in [2.75, 3.05) is 0 Å². The molecule has 9 heavy (non-hydrogen) atoms. The van der Waals surface area contributed by atoms with Gasteiger partial charge in [-0.3, -0.25) is 0 Å². The fraction of sp³-hybridized carbons (Fsp3) is 0. The third-order valence-corrected chi connectivity index (χ3v) is 0. The summed E-state index contributed by atoms with van der Waals surface area (Å²) >= 11 is 7.91. The molecule has 0 aliphatic heterocycles. The molecule has 0 aromatic carbocycles. The van der Waals surface area contributed by atoms with Crippen molar-refractivity contribution in [2.24, 2.45) is 0 Å². The first-order valence-corrected chi connectivity index (χ1v) is 7.41. The van der Waals surface area contributed by atoms with Crippen LogP contribution in [0.15, 0.2) is 0 Å². The van der Waals surface area contributed by atoms with Gasteiger partial charge in [0.05, 0.1) is 0 Å². The van der Waals surface area contributed by atoms with Gasteiger partial charge in [0.2, 0.25) is 0 Å². The third kappa shape index (κ3) is 336. The van der Waals surface area contributed by atoms with Crippen molar-refractivity contribution in [3.8, 4) is 0 Å². The molecule has 58 valence electrons. The van der Waals surface area contributed by atoms with Gasteiger partial charge in [0.25, 0.3) is 0 Å². The molecule has 0 rings (SSSR count). The van der Waals surface area contributed by atoms with Crippen LogP contribution in [0.2, 0.25) is 0 Å². The maximum atomic E-state index is 8.45. The number of carbonyl (C=O) groups excluding carboxylic acids is 2. The van der Waals surface area contributed by atoms with Gasteiger partial charge >= 0.3 is 35.3 Å². The van der Waals surface area contributed by atoms with Gasteiger partial charge in [0.1, 0.15) is 0 Å². The van der Waals surface area contributed by atoms with Gasteiger partial charge in [-0.15, -0.1) is 0 Å². The minimum atomic E-state index is -0.472. The van der Waals surface area contributed by atoms with E-state index in [1.807, 2.05) is 0 Å². The zero-order chi connectivity index (χ0) is 8.12. The first kappa shape index (κ1) is 16.6.